The van der Waals surface area contributed by atoms with Gasteiger partial charge >= 0.3 is 12.1 Å². The Morgan fingerprint density at radius 2 is 1.90 bits per heavy atom. The van der Waals surface area contributed by atoms with Crippen LogP contribution in [0.15, 0.2) is 0 Å². The van der Waals surface area contributed by atoms with Crippen LogP contribution in [0.25, 0.3) is 0 Å². The first-order valence-electron chi connectivity index (χ1n) is 7.60. The topological polar surface area (TPSA) is 76.7 Å². The minimum atomic E-state index is -0.639. The van der Waals surface area contributed by atoms with Crippen LogP contribution in [0.2, 0.25) is 0 Å². The van der Waals surface area contributed by atoms with Crippen LogP contribution in [0.3, 0.4) is 0 Å². The number of rotatable bonds is 5. The lowest BCUT2D eigenvalue weighted by Gasteiger charge is -2.25. The largest absolute Gasteiger partial charge is 0.467 e. The highest BCUT2D eigenvalue weighted by molar-refractivity contribution is 5.81. The van der Waals surface area contributed by atoms with Gasteiger partial charge in [-0.3, -0.25) is 0 Å². The van der Waals surface area contributed by atoms with E-state index in [4.69, 9.17) is 9.47 Å². The number of piperidine rings is 1. The fourth-order valence-corrected chi connectivity index (χ4v) is 2.41. The number of hydrogen-bond acceptors (Lipinski definition) is 5. The van der Waals surface area contributed by atoms with Crippen molar-refractivity contribution in [1.82, 2.24) is 10.6 Å². The van der Waals surface area contributed by atoms with Crippen molar-refractivity contribution in [2.75, 3.05) is 20.2 Å². The summed E-state index contributed by atoms with van der Waals surface area (Å²) < 4.78 is 9.95. The van der Waals surface area contributed by atoms with Crippen LogP contribution in [-0.4, -0.2) is 43.9 Å². The summed E-state index contributed by atoms with van der Waals surface area (Å²) in [5.74, 6) is 0.175. The molecule has 0 radical (unpaired) electrons. The Labute approximate surface area is 126 Å². The van der Waals surface area contributed by atoms with Gasteiger partial charge < -0.3 is 20.1 Å². The molecular weight excluding hydrogens is 272 g/mol. The van der Waals surface area contributed by atoms with E-state index in [2.05, 4.69) is 10.6 Å². The lowest BCUT2D eigenvalue weighted by Crippen LogP contribution is -2.44. The molecule has 2 N–H and O–H groups in total. The van der Waals surface area contributed by atoms with Gasteiger partial charge in [-0.05, 0) is 65.5 Å². The molecule has 1 aliphatic heterocycles. The summed E-state index contributed by atoms with van der Waals surface area (Å²) in [5.41, 5.74) is -0.584. The number of ether oxygens (including phenoxy) is 2. The van der Waals surface area contributed by atoms with E-state index in [-0.39, 0.29) is 0 Å². The normalized spacial score (nSPS) is 17.9. The van der Waals surface area contributed by atoms with Gasteiger partial charge in [-0.25, -0.2) is 9.59 Å². The standard InChI is InChI=1S/C15H28N2O4/c1-15(2,3)21-14(19)17-12(13(18)20-4)6-5-11-7-9-16-10-8-11/h11-12,16H,5-10H2,1-4H3,(H,17,19). The lowest BCUT2D eigenvalue weighted by atomic mass is 9.91. The van der Waals surface area contributed by atoms with Crippen molar-refractivity contribution in [2.24, 2.45) is 5.92 Å². The van der Waals surface area contributed by atoms with Gasteiger partial charge in [0.2, 0.25) is 0 Å². The Morgan fingerprint density at radius 1 is 1.29 bits per heavy atom. The molecule has 1 amide bonds. The number of methoxy groups -OCH3 is 1. The SMILES string of the molecule is COC(=O)C(CCC1CCNCC1)NC(=O)OC(C)(C)C. The number of hydrogen-bond donors (Lipinski definition) is 2. The van der Waals surface area contributed by atoms with Crippen molar-refractivity contribution in [3.05, 3.63) is 0 Å². The van der Waals surface area contributed by atoms with Gasteiger partial charge in [0.05, 0.1) is 7.11 Å². The van der Waals surface area contributed by atoms with E-state index < -0.39 is 23.7 Å². The molecule has 6 nitrogen and oxygen atoms in total. The molecule has 0 aromatic rings. The number of carbonyl (C=O) groups is 2. The van der Waals surface area contributed by atoms with E-state index in [1.165, 1.54) is 7.11 Å². The maximum Gasteiger partial charge on any atom is 0.408 e. The molecule has 1 aliphatic rings. The van der Waals surface area contributed by atoms with Gasteiger partial charge in [0.15, 0.2) is 0 Å². The van der Waals surface area contributed by atoms with Gasteiger partial charge in [0.1, 0.15) is 11.6 Å². The number of esters is 1. The maximum absolute atomic E-state index is 11.8. The zero-order valence-corrected chi connectivity index (χ0v) is 13.5. The van der Waals surface area contributed by atoms with Crippen molar-refractivity contribution in [2.45, 2.75) is 58.1 Å². The van der Waals surface area contributed by atoms with E-state index in [0.717, 1.165) is 32.4 Å². The molecular formula is C15H28N2O4. The quantitative estimate of drug-likeness (QED) is 0.758. The summed E-state index contributed by atoms with van der Waals surface area (Å²) in [7, 11) is 1.33. The zero-order chi connectivity index (χ0) is 15.9. The second kappa shape index (κ2) is 8.22. The second-order valence-corrected chi connectivity index (χ2v) is 6.49. The van der Waals surface area contributed by atoms with E-state index >= 15 is 0 Å². The fraction of sp³-hybridized carbons (Fsp3) is 0.867. The monoisotopic (exact) mass is 300 g/mol. The molecule has 122 valence electrons. The highest BCUT2D eigenvalue weighted by Gasteiger charge is 2.26. The van der Waals surface area contributed by atoms with Crippen LogP contribution in [0.5, 0.6) is 0 Å². The molecule has 0 aromatic carbocycles. The van der Waals surface area contributed by atoms with Crippen molar-refractivity contribution in [1.29, 1.82) is 0 Å². The Balaban J connectivity index is 2.47. The molecule has 1 heterocycles. The average molecular weight is 300 g/mol. The third-order valence-corrected chi connectivity index (χ3v) is 3.50. The Bertz CT molecular complexity index is 346. The molecule has 1 unspecified atom stereocenters. The Kier molecular flexibility index (Phi) is 6.95. The molecule has 6 heteroatoms. The number of carbonyl (C=O) groups excluding carboxylic acids is 2. The molecule has 1 rings (SSSR count). The molecule has 0 aromatic heterocycles. The van der Waals surface area contributed by atoms with Crippen molar-refractivity contribution >= 4 is 12.1 Å². The third kappa shape index (κ3) is 7.32. The molecule has 0 aliphatic carbocycles. The molecule has 0 bridgehead atoms. The first kappa shape index (κ1) is 17.8. The fourth-order valence-electron chi connectivity index (χ4n) is 2.41. The van der Waals surface area contributed by atoms with Crippen molar-refractivity contribution < 1.29 is 19.1 Å². The molecule has 1 atom stereocenters. The van der Waals surface area contributed by atoms with Crippen molar-refractivity contribution in [3.8, 4) is 0 Å². The first-order valence-corrected chi connectivity index (χ1v) is 7.60. The lowest BCUT2D eigenvalue weighted by molar-refractivity contribution is -0.143. The smallest absolute Gasteiger partial charge is 0.408 e. The highest BCUT2D eigenvalue weighted by atomic mass is 16.6. The zero-order valence-electron chi connectivity index (χ0n) is 13.5. The molecule has 1 fully saturated rings. The Morgan fingerprint density at radius 3 is 2.43 bits per heavy atom. The highest BCUT2D eigenvalue weighted by Crippen LogP contribution is 2.19. The van der Waals surface area contributed by atoms with Crippen LogP contribution in [0, 0.1) is 5.92 Å². The molecule has 0 saturated carbocycles. The number of nitrogens with one attached hydrogen (secondary N) is 2. The van der Waals surface area contributed by atoms with Crippen molar-refractivity contribution in [3.63, 3.8) is 0 Å². The summed E-state index contributed by atoms with van der Waals surface area (Å²) in [5, 5.41) is 5.93. The van der Waals surface area contributed by atoms with E-state index in [9.17, 15) is 9.59 Å². The van der Waals surface area contributed by atoms with Crippen LogP contribution in [0.4, 0.5) is 4.79 Å². The third-order valence-electron chi connectivity index (χ3n) is 3.50. The van der Waals surface area contributed by atoms with Crippen LogP contribution in [0.1, 0.15) is 46.5 Å². The summed E-state index contributed by atoms with van der Waals surface area (Å²) in [6, 6.07) is -0.639. The summed E-state index contributed by atoms with van der Waals surface area (Å²) in [4.78, 5) is 23.6. The van der Waals surface area contributed by atoms with E-state index in [1.807, 2.05) is 0 Å². The second-order valence-electron chi connectivity index (χ2n) is 6.49. The van der Waals surface area contributed by atoms with Gasteiger partial charge in [-0.15, -0.1) is 0 Å². The van der Waals surface area contributed by atoms with E-state index in [1.54, 1.807) is 20.8 Å². The van der Waals surface area contributed by atoms with Gasteiger partial charge in [-0.1, -0.05) is 0 Å². The molecule has 0 spiro atoms. The summed E-state index contributed by atoms with van der Waals surface area (Å²) in [6.45, 7) is 7.40. The predicted octanol–water partition coefficient (Wildman–Crippen LogP) is 1.83. The van der Waals surface area contributed by atoms with Crippen LogP contribution >= 0.6 is 0 Å². The predicted molar refractivity (Wildman–Crippen MR) is 80.0 cm³/mol. The molecule has 1 saturated heterocycles. The Hall–Kier alpha value is -1.30. The number of alkyl carbamates (subject to hydrolysis) is 1. The van der Waals surface area contributed by atoms with E-state index in [0.29, 0.717) is 12.3 Å². The van der Waals surface area contributed by atoms with Gasteiger partial charge in [0.25, 0.3) is 0 Å². The van der Waals surface area contributed by atoms with Crippen LogP contribution < -0.4 is 10.6 Å². The minimum absolute atomic E-state index is 0.421. The summed E-state index contributed by atoms with van der Waals surface area (Å²) in [6.07, 6.45) is 3.12. The average Bonchev–Trinajstić information content (AvgIpc) is 2.41. The van der Waals surface area contributed by atoms with Crippen LogP contribution in [-0.2, 0) is 14.3 Å². The molecule has 21 heavy (non-hydrogen) atoms. The minimum Gasteiger partial charge on any atom is -0.467 e. The maximum atomic E-state index is 11.8. The number of amides is 1. The van der Waals surface area contributed by atoms with Gasteiger partial charge in [0, 0.05) is 0 Å². The summed E-state index contributed by atoms with van der Waals surface area (Å²) >= 11 is 0. The first-order chi connectivity index (χ1) is 9.81. The van der Waals surface area contributed by atoms with Gasteiger partial charge in [-0.2, -0.15) is 0 Å².